The van der Waals surface area contributed by atoms with Crippen LogP contribution in [-0.2, 0) is 6.18 Å². The molecule has 0 heterocycles. The zero-order valence-corrected chi connectivity index (χ0v) is 21.0. The van der Waals surface area contributed by atoms with E-state index in [1.54, 1.807) is 30.4 Å². The predicted octanol–water partition coefficient (Wildman–Crippen LogP) is 6.86. The summed E-state index contributed by atoms with van der Waals surface area (Å²) in [6.45, 7) is 0. The summed E-state index contributed by atoms with van der Waals surface area (Å²) in [5.41, 5.74) is 0.617. The number of hydrogen-bond acceptors (Lipinski definition) is 6. The molecular weight excluding hydrogens is 506 g/mol. The SMILES string of the molecule is COc1cc(/C=C\c2cc(F)c(OC)c(N/C=C\C(=O)c3ccc(C(F)(F)F)cc3)c2)cc(OC)c1OC. The molecule has 0 atom stereocenters. The molecule has 0 radical (unpaired) electrons. The van der Waals surface area contributed by atoms with Gasteiger partial charge in [0.1, 0.15) is 0 Å². The van der Waals surface area contributed by atoms with Crippen molar-refractivity contribution in [3.63, 3.8) is 0 Å². The van der Waals surface area contributed by atoms with Crippen LogP contribution >= 0.6 is 0 Å². The molecule has 0 spiro atoms. The number of hydrogen-bond donors (Lipinski definition) is 1. The zero-order chi connectivity index (χ0) is 27.9. The van der Waals surface area contributed by atoms with Gasteiger partial charge in [-0.15, -0.1) is 0 Å². The largest absolute Gasteiger partial charge is 0.493 e. The molecule has 3 rings (SSSR count). The molecule has 3 aromatic rings. The Labute approximate surface area is 217 Å². The summed E-state index contributed by atoms with van der Waals surface area (Å²) in [5.74, 6) is 0.0807. The number of halogens is 4. The van der Waals surface area contributed by atoms with Crippen molar-refractivity contribution in [1.82, 2.24) is 0 Å². The highest BCUT2D eigenvalue weighted by Crippen LogP contribution is 2.39. The van der Waals surface area contributed by atoms with Crippen LogP contribution in [0.2, 0.25) is 0 Å². The third kappa shape index (κ3) is 6.64. The fourth-order valence-electron chi connectivity index (χ4n) is 3.54. The van der Waals surface area contributed by atoms with Crippen molar-refractivity contribution in [1.29, 1.82) is 0 Å². The second kappa shape index (κ2) is 12.2. The summed E-state index contributed by atoms with van der Waals surface area (Å²) >= 11 is 0. The fraction of sp³-hybridized carbons (Fsp3) is 0.179. The number of ketones is 1. The Bertz CT molecular complexity index is 1320. The van der Waals surface area contributed by atoms with Gasteiger partial charge in [0.05, 0.1) is 39.7 Å². The Morgan fingerprint density at radius 3 is 1.84 bits per heavy atom. The van der Waals surface area contributed by atoms with E-state index >= 15 is 0 Å². The first kappa shape index (κ1) is 28.1. The van der Waals surface area contributed by atoms with Crippen LogP contribution in [0.3, 0.4) is 0 Å². The van der Waals surface area contributed by atoms with Gasteiger partial charge in [0.25, 0.3) is 0 Å². The maximum atomic E-state index is 14.7. The molecule has 10 heteroatoms. The maximum absolute atomic E-state index is 14.7. The van der Waals surface area contributed by atoms with Crippen LogP contribution in [0.4, 0.5) is 23.2 Å². The van der Waals surface area contributed by atoms with E-state index in [2.05, 4.69) is 5.32 Å². The van der Waals surface area contributed by atoms with Crippen LogP contribution in [0.5, 0.6) is 23.0 Å². The summed E-state index contributed by atoms with van der Waals surface area (Å²) in [5, 5.41) is 2.79. The number of ether oxygens (including phenoxy) is 4. The average Bonchev–Trinajstić information content (AvgIpc) is 2.90. The molecule has 6 nitrogen and oxygen atoms in total. The second-order valence-corrected chi connectivity index (χ2v) is 7.79. The van der Waals surface area contributed by atoms with Crippen molar-refractivity contribution < 1.29 is 41.3 Å². The molecule has 0 aliphatic rings. The Hall–Kier alpha value is -4.47. The Morgan fingerprint density at radius 1 is 0.789 bits per heavy atom. The van der Waals surface area contributed by atoms with Crippen molar-refractivity contribution in [3.8, 4) is 23.0 Å². The van der Waals surface area contributed by atoms with E-state index in [1.165, 1.54) is 40.7 Å². The topological polar surface area (TPSA) is 66.0 Å². The summed E-state index contributed by atoms with van der Waals surface area (Å²) in [6.07, 6.45) is 1.26. The fourth-order valence-corrected chi connectivity index (χ4v) is 3.54. The molecular formula is C28H25F4NO5. The van der Waals surface area contributed by atoms with Crippen molar-refractivity contribution >= 4 is 23.6 Å². The quantitative estimate of drug-likeness (QED) is 0.134. The molecule has 0 aliphatic heterocycles. The Morgan fingerprint density at radius 2 is 1.34 bits per heavy atom. The number of allylic oxidation sites excluding steroid dienone is 1. The number of carbonyl (C=O) groups excluding carboxylic acids is 1. The molecule has 0 aromatic heterocycles. The van der Waals surface area contributed by atoms with Crippen LogP contribution in [0.1, 0.15) is 27.0 Å². The lowest BCUT2D eigenvalue weighted by molar-refractivity contribution is -0.137. The third-order valence-corrected chi connectivity index (χ3v) is 5.40. The lowest BCUT2D eigenvalue weighted by Gasteiger charge is -2.13. The monoisotopic (exact) mass is 531 g/mol. The highest BCUT2D eigenvalue weighted by Gasteiger charge is 2.30. The van der Waals surface area contributed by atoms with Gasteiger partial charge in [-0.3, -0.25) is 4.79 Å². The van der Waals surface area contributed by atoms with E-state index < -0.39 is 23.3 Å². The molecule has 200 valence electrons. The maximum Gasteiger partial charge on any atom is 0.416 e. The molecule has 1 N–H and O–H groups in total. The molecule has 0 amide bonds. The summed E-state index contributed by atoms with van der Waals surface area (Å²) in [6, 6.07) is 10.2. The van der Waals surface area contributed by atoms with E-state index in [1.807, 2.05) is 0 Å². The van der Waals surface area contributed by atoms with Gasteiger partial charge >= 0.3 is 6.18 Å². The second-order valence-electron chi connectivity index (χ2n) is 7.79. The van der Waals surface area contributed by atoms with Crippen LogP contribution in [0.25, 0.3) is 12.2 Å². The van der Waals surface area contributed by atoms with Gasteiger partial charge in [-0.05, 0) is 47.5 Å². The van der Waals surface area contributed by atoms with Crippen LogP contribution in [0.15, 0.2) is 60.8 Å². The number of anilines is 1. The van der Waals surface area contributed by atoms with Gasteiger partial charge in [0.15, 0.2) is 28.8 Å². The number of methoxy groups -OCH3 is 4. The van der Waals surface area contributed by atoms with E-state index in [-0.39, 0.29) is 17.0 Å². The lowest BCUT2D eigenvalue weighted by Crippen LogP contribution is -2.05. The minimum atomic E-state index is -4.50. The molecule has 0 saturated carbocycles. The van der Waals surface area contributed by atoms with E-state index in [0.29, 0.717) is 28.4 Å². The van der Waals surface area contributed by atoms with Crippen molar-refractivity contribution in [2.45, 2.75) is 6.18 Å². The van der Waals surface area contributed by atoms with Gasteiger partial charge in [0, 0.05) is 17.8 Å². The van der Waals surface area contributed by atoms with Crippen molar-refractivity contribution in [2.24, 2.45) is 0 Å². The number of alkyl halides is 3. The highest BCUT2D eigenvalue weighted by molar-refractivity contribution is 6.04. The zero-order valence-electron chi connectivity index (χ0n) is 21.0. The number of rotatable bonds is 10. The van der Waals surface area contributed by atoms with E-state index in [4.69, 9.17) is 18.9 Å². The van der Waals surface area contributed by atoms with Crippen molar-refractivity contribution in [3.05, 3.63) is 88.9 Å². The van der Waals surface area contributed by atoms with E-state index in [9.17, 15) is 22.4 Å². The van der Waals surface area contributed by atoms with Crippen molar-refractivity contribution in [2.75, 3.05) is 33.8 Å². The Balaban J connectivity index is 1.82. The number of benzene rings is 3. The summed E-state index contributed by atoms with van der Waals surface area (Å²) < 4.78 is 74.0. The first-order valence-corrected chi connectivity index (χ1v) is 11.1. The lowest BCUT2D eigenvalue weighted by atomic mass is 10.1. The highest BCUT2D eigenvalue weighted by atomic mass is 19.4. The molecule has 0 unspecified atom stereocenters. The molecule has 38 heavy (non-hydrogen) atoms. The first-order chi connectivity index (χ1) is 18.1. The molecule has 0 bridgehead atoms. The average molecular weight is 532 g/mol. The third-order valence-electron chi connectivity index (χ3n) is 5.40. The van der Waals surface area contributed by atoms with Gasteiger partial charge in [-0.1, -0.05) is 24.3 Å². The van der Waals surface area contributed by atoms with Gasteiger partial charge < -0.3 is 24.3 Å². The van der Waals surface area contributed by atoms with Crippen LogP contribution < -0.4 is 24.3 Å². The number of nitrogens with one attached hydrogen (secondary N) is 1. The number of carbonyl (C=O) groups is 1. The van der Waals surface area contributed by atoms with Gasteiger partial charge in [0.2, 0.25) is 5.75 Å². The smallest absolute Gasteiger partial charge is 0.416 e. The molecule has 3 aromatic carbocycles. The van der Waals surface area contributed by atoms with Gasteiger partial charge in [-0.2, -0.15) is 13.2 Å². The minimum Gasteiger partial charge on any atom is -0.493 e. The normalized spacial score (nSPS) is 11.6. The molecule has 0 aliphatic carbocycles. The van der Waals surface area contributed by atoms with E-state index in [0.717, 1.165) is 30.3 Å². The minimum absolute atomic E-state index is 0.0660. The standard InChI is InChI=1S/C28H25F4NO5/c1-35-24-15-18(16-25(36-2)27(24)38-4)6-5-17-13-21(29)26(37-3)22(14-17)33-12-11-23(34)19-7-9-20(10-8-19)28(30,31)32/h5-16,33H,1-4H3/b6-5-,12-11-. The van der Waals surface area contributed by atoms with Gasteiger partial charge in [-0.25, -0.2) is 4.39 Å². The van der Waals surface area contributed by atoms with Crippen LogP contribution in [0, 0.1) is 5.82 Å². The predicted molar refractivity (Wildman–Crippen MR) is 137 cm³/mol. The molecule has 0 fully saturated rings. The summed E-state index contributed by atoms with van der Waals surface area (Å²) in [7, 11) is 5.79. The Kier molecular flexibility index (Phi) is 9.01. The first-order valence-electron chi connectivity index (χ1n) is 11.1. The summed E-state index contributed by atoms with van der Waals surface area (Å²) in [4.78, 5) is 12.3. The van der Waals surface area contributed by atoms with Crippen LogP contribution in [-0.4, -0.2) is 34.2 Å². The molecule has 0 saturated heterocycles.